The van der Waals surface area contributed by atoms with Crippen molar-refractivity contribution in [2.45, 2.75) is 44.1 Å². The van der Waals surface area contributed by atoms with Gasteiger partial charge in [0.25, 0.3) is 5.78 Å². The number of fused-ring (bicyclic) bond motifs is 1. The fraction of sp³-hybridized carbons (Fsp3) is 0.333. The van der Waals surface area contributed by atoms with E-state index in [0.717, 1.165) is 17.0 Å². The molecule has 0 aliphatic rings. The number of rotatable bonds is 5. The summed E-state index contributed by atoms with van der Waals surface area (Å²) in [6.45, 7) is 7.50. The van der Waals surface area contributed by atoms with Gasteiger partial charge in [-0.2, -0.15) is 4.98 Å². The minimum Gasteiger partial charge on any atom is -0.349 e. The highest BCUT2D eigenvalue weighted by molar-refractivity contribution is 8.00. The van der Waals surface area contributed by atoms with Crippen molar-refractivity contribution < 1.29 is 9.18 Å². The van der Waals surface area contributed by atoms with Crippen LogP contribution in [-0.4, -0.2) is 30.7 Å². The smallest absolute Gasteiger partial charge is 0.253 e. The molecule has 6 nitrogen and oxygen atoms in total. The minimum absolute atomic E-state index is 0.133. The van der Waals surface area contributed by atoms with Crippen LogP contribution in [0.2, 0.25) is 0 Å². The number of carbonyl (C=O) groups excluding carboxylic acids is 1. The molecule has 0 bridgehead atoms. The zero-order chi connectivity index (χ0) is 18.8. The van der Waals surface area contributed by atoms with Crippen LogP contribution in [0, 0.1) is 19.7 Å². The van der Waals surface area contributed by atoms with Gasteiger partial charge in [-0.1, -0.05) is 23.9 Å². The van der Waals surface area contributed by atoms with Gasteiger partial charge < -0.3 is 5.32 Å². The highest BCUT2D eigenvalue weighted by Gasteiger charge is 2.20. The molecule has 1 aromatic carbocycles. The Hall–Kier alpha value is -2.48. The summed E-state index contributed by atoms with van der Waals surface area (Å²) in [6, 6.07) is 7.81. The average Bonchev–Trinajstić information content (AvgIpc) is 2.97. The number of nitrogens with one attached hydrogen (secondary N) is 1. The van der Waals surface area contributed by atoms with Crippen LogP contribution in [0.5, 0.6) is 0 Å². The predicted molar refractivity (Wildman–Crippen MR) is 98.5 cm³/mol. The number of hydrogen-bond donors (Lipinski definition) is 1. The zero-order valence-corrected chi connectivity index (χ0v) is 15.8. The minimum atomic E-state index is -0.378. The van der Waals surface area contributed by atoms with Crippen LogP contribution in [0.1, 0.15) is 36.8 Å². The first kappa shape index (κ1) is 18.3. The molecule has 0 fully saturated rings. The normalized spacial score (nSPS) is 13.6. The van der Waals surface area contributed by atoms with E-state index in [0.29, 0.717) is 10.9 Å². The molecule has 2 atom stereocenters. The Bertz CT molecular complexity index is 941. The zero-order valence-electron chi connectivity index (χ0n) is 15.0. The summed E-state index contributed by atoms with van der Waals surface area (Å²) >= 11 is 1.28. The molecular formula is C18H20FN5OS. The topological polar surface area (TPSA) is 72.2 Å². The largest absolute Gasteiger partial charge is 0.349 e. The third-order valence-electron chi connectivity index (χ3n) is 3.98. The number of aromatic nitrogens is 4. The second-order valence-electron chi connectivity index (χ2n) is 6.19. The molecule has 1 N–H and O–H groups in total. The highest BCUT2D eigenvalue weighted by atomic mass is 32.2. The van der Waals surface area contributed by atoms with Crippen molar-refractivity contribution >= 4 is 23.4 Å². The first-order valence-corrected chi connectivity index (χ1v) is 9.15. The van der Waals surface area contributed by atoms with E-state index in [1.807, 2.05) is 26.8 Å². The molecular weight excluding hydrogens is 353 g/mol. The van der Waals surface area contributed by atoms with E-state index < -0.39 is 0 Å². The average molecular weight is 373 g/mol. The van der Waals surface area contributed by atoms with Gasteiger partial charge in [0.1, 0.15) is 5.82 Å². The van der Waals surface area contributed by atoms with E-state index in [2.05, 4.69) is 20.4 Å². The van der Waals surface area contributed by atoms with Gasteiger partial charge in [-0.05, 0) is 51.5 Å². The molecule has 0 spiro atoms. The third-order valence-corrected chi connectivity index (χ3v) is 4.93. The van der Waals surface area contributed by atoms with Gasteiger partial charge in [0, 0.05) is 11.4 Å². The Morgan fingerprint density at radius 1 is 1.19 bits per heavy atom. The molecule has 0 aliphatic carbocycles. The molecule has 0 saturated heterocycles. The van der Waals surface area contributed by atoms with Gasteiger partial charge in [-0.15, -0.1) is 5.10 Å². The molecule has 3 rings (SSSR count). The summed E-state index contributed by atoms with van der Waals surface area (Å²) in [4.78, 5) is 21.2. The first-order valence-electron chi connectivity index (χ1n) is 8.27. The van der Waals surface area contributed by atoms with E-state index in [1.54, 1.807) is 23.6 Å². The van der Waals surface area contributed by atoms with Crippen LogP contribution in [0.15, 0.2) is 35.5 Å². The number of amides is 1. The Kier molecular flexibility index (Phi) is 5.22. The lowest BCUT2D eigenvalue weighted by atomic mass is 10.1. The summed E-state index contributed by atoms with van der Waals surface area (Å²) in [6.07, 6.45) is 0. The lowest BCUT2D eigenvalue weighted by Crippen LogP contribution is -2.33. The van der Waals surface area contributed by atoms with Crippen LogP contribution in [0.25, 0.3) is 5.78 Å². The number of aryl methyl sites for hydroxylation is 2. The summed E-state index contributed by atoms with van der Waals surface area (Å²) in [7, 11) is 0. The van der Waals surface area contributed by atoms with E-state index in [1.165, 1.54) is 23.9 Å². The summed E-state index contributed by atoms with van der Waals surface area (Å²) in [5, 5.41) is 7.46. The van der Waals surface area contributed by atoms with Gasteiger partial charge in [-0.3, -0.25) is 4.79 Å². The molecule has 0 aliphatic heterocycles. The SMILES string of the molecule is Cc1cc(C)n2nc(S[C@H](C)C(=O)N[C@H](C)c3ccc(F)cc3)nc2n1. The maximum Gasteiger partial charge on any atom is 0.253 e. The molecule has 0 unspecified atom stereocenters. The monoisotopic (exact) mass is 373 g/mol. The molecule has 8 heteroatoms. The maximum absolute atomic E-state index is 13.0. The van der Waals surface area contributed by atoms with Crippen molar-refractivity contribution in [1.29, 1.82) is 0 Å². The molecule has 136 valence electrons. The molecule has 3 aromatic rings. The van der Waals surface area contributed by atoms with E-state index in [4.69, 9.17) is 0 Å². The van der Waals surface area contributed by atoms with Gasteiger partial charge in [0.2, 0.25) is 11.1 Å². The Morgan fingerprint density at radius 2 is 1.88 bits per heavy atom. The third kappa shape index (κ3) is 4.01. The van der Waals surface area contributed by atoms with Crippen LogP contribution in [-0.2, 0) is 4.79 Å². The fourth-order valence-electron chi connectivity index (χ4n) is 2.58. The summed E-state index contributed by atoms with van der Waals surface area (Å²) < 4.78 is 14.7. The number of halogens is 1. The van der Waals surface area contributed by atoms with Gasteiger partial charge >= 0.3 is 0 Å². The van der Waals surface area contributed by atoms with Gasteiger partial charge in [-0.25, -0.2) is 13.9 Å². The van der Waals surface area contributed by atoms with E-state index in [9.17, 15) is 9.18 Å². The van der Waals surface area contributed by atoms with Crippen molar-refractivity contribution in [3.8, 4) is 0 Å². The number of thioether (sulfide) groups is 1. The number of carbonyl (C=O) groups is 1. The summed E-state index contributed by atoms with van der Waals surface area (Å²) in [5.74, 6) is 0.0945. The standard InChI is InChI=1S/C18H20FN5OS/c1-10-9-11(2)24-17(20-10)22-18(23-24)26-13(4)16(25)21-12(3)14-5-7-15(19)8-6-14/h5-9,12-13H,1-4H3,(H,21,25)/t12-,13-/m1/s1. The number of hydrogen-bond acceptors (Lipinski definition) is 5. The Balaban J connectivity index is 1.67. The maximum atomic E-state index is 13.0. The van der Waals surface area contributed by atoms with Crippen molar-refractivity contribution in [2.24, 2.45) is 0 Å². The number of benzene rings is 1. The lowest BCUT2D eigenvalue weighted by molar-refractivity contribution is -0.120. The molecule has 0 saturated carbocycles. The Labute approximate surface area is 155 Å². The van der Waals surface area contributed by atoms with Crippen LogP contribution in [0.4, 0.5) is 4.39 Å². The fourth-order valence-corrected chi connectivity index (χ4v) is 3.33. The number of nitrogens with zero attached hydrogens (tertiary/aromatic N) is 4. The van der Waals surface area contributed by atoms with Gasteiger partial charge in [0.15, 0.2) is 0 Å². The highest BCUT2D eigenvalue weighted by Crippen LogP contribution is 2.22. The van der Waals surface area contributed by atoms with E-state index in [-0.39, 0.29) is 23.0 Å². The Morgan fingerprint density at radius 3 is 2.58 bits per heavy atom. The lowest BCUT2D eigenvalue weighted by Gasteiger charge is -2.17. The van der Waals surface area contributed by atoms with E-state index >= 15 is 0 Å². The van der Waals surface area contributed by atoms with Crippen molar-refractivity contribution in [3.05, 3.63) is 53.1 Å². The van der Waals surface area contributed by atoms with Crippen molar-refractivity contribution in [1.82, 2.24) is 24.9 Å². The van der Waals surface area contributed by atoms with Crippen LogP contribution < -0.4 is 5.32 Å². The summed E-state index contributed by atoms with van der Waals surface area (Å²) in [5.41, 5.74) is 2.66. The first-order chi connectivity index (χ1) is 12.3. The predicted octanol–water partition coefficient (Wildman–Crippen LogP) is 3.24. The molecule has 2 heterocycles. The van der Waals surface area contributed by atoms with Crippen molar-refractivity contribution in [3.63, 3.8) is 0 Å². The second-order valence-corrected chi connectivity index (χ2v) is 7.49. The van der Waals surface area contributed by atoms with Crippen molar-refractivity contribution in [2.75, 3.05) is 0 Å². The van der Waals surface area contributed by atoms with Crippen LogP contribution in [0.3, 0.4) is 0 Å². The molecule has 2 aromatic heterocycles. The molecule has 26 heavy (non-hydrogen) atoms. The molecule has 1 amide bonds. The van der Waals surface area contributed by atoms with Gasteiger partial charge in [0.05, 0.1) is 11.3 Å². The second kappa shape index (κ2) is 7.41. The molecule has 0 radical (unpaired) electrons. The quantitative estimate of drug-likeness (QED) is 0.695. The van der Waals surface area contributed by atoms with Crippen LogP contribution >= 0.6 is 11.8 Å².